The molecule has 2 amide bonds. The number of likely N-dealkylation sites (tertiary alicyclic amines) is 1. The van der Waals surface area contributed by atoms with E-state index in [2.05, 4.69) is 5.32 Å². The molecule has 1 aliphatic carbocycles. The fraction of sp³-hybridized carbons (Fsp3) is 0.929. The average Bonchev–Trinajstić information content (AvgIpc) is 2.36. The number of rotatable bonds is 5. The van der Waals surface area contributed by atoms with Crippen LogP contribution >= 0.6 is 0 Å². The van der Waals surface area contributed by atoms with Crippen molar-refractivity contribution in [3.63, 3.8) is 0 Å². The van der Waals surface area contributed by atoms with Gasteiger partial charge in [-0.25, -0.2) is 13.6 Å². The number of nitrogens with zero attached hydrogens (tertiary/aromatic N) is 1. The van der Waals surface area contributed by atoms with Gasteiger partial charge in [0.1, 0.15) is 0 Å². The smallest absolute Gasteiger partial charge is 0.315 e. The van der Waals surface area contributed by atoms with Gasteiger partial charge in [-0.15, -0.1) is 0 Å². The summed E-state index contributed by atoms with van der Waals surface area (Å²) in [4.78, 5) is 13.3. The van der Waals surface area contributed by atoms with Crippen molar-refractivity contribution in [3.8, 4) is 0 Å². The van der Waals surface area contributed by atoms with Crippen molar-refractivity contribution in [2.24, 2.45) is 17.6 Å². The van der Waals surface area contributed by atoms with Crippen LogP contribution in [0.1, 0.15) is 38.5 Å². The minimum absolute atomic E-state index is 0.00347. The lowest BCUT2D eigenvalue weighted by Gasteiger charge is -2.43. The highest BCUT2D eigenvalue weighted by molar-refractivity contribution is 5.72. The van der Waals surface area contributed by atoms with E-state index in [4.69, 9.17) is 5.73 Å². The van der Waals surface area contributed by atoms with E-state index in [0.29, 0.717) is 6.54 Å². The van der Waals surface area contributed by atoms with Gasteiger partial charge in [0.15, 0.2) is 0 Å². The summed E-state index contributed by atoms with van der Waals surface area (Å²) in [6.45, 7) is 1.44. The molecule has 1 saturated carbocycles. The third kappa shape index (κ3) is 3.59. The standard InChI is InChI=1S/C14H25F2N3O/c1-18-9-11(6-10-7-14(15,16)8-10)12-4-2-3-5-19(12)13(17)20/h10-12,18H,2-9H2,1H3,(H2,17,20). The predicted octanol–water partition coefficient (Wildman–Crippen LogP) is 2.19. The van der Waals surface area contributed by atoms with Crippen LogP contribution in [0, 0.1) is 11.8 Å². The molecule has 2 fully saturated rings. The summed E-state index contributed by atoms with van der Waals surface area (Å²) in [6.07, 6.45) is 3.74. The third-order valence-corrected chi connectivity index (χ3v) is 4.65. The molecule has 0 radical (unpaired) electrons. The van der Waals surface area contributed by atoms with E-state index >= 15 is 0 Å². The molecule has 2 rings (SSSR count). The molecule has 2 unspecified atom stereocenters. The van der Waals surface area contributed by atoms with Crippen molar-refractivity contribution in [1.29, 1.82) is 0 Å². The fourth-order valence-corrected chi connectivity index (χ4v) is 3.74. The van der Waals surface area contributed by atoms with E-state index in [1.165, 1.54) is 0 Å². The largest absolute Gasteiger partial charge is 0.351 e. The third-order valence-electron chi connectivity index (χ3n) is 4.65. The van der Waals surface area contributed by atoms with Crippen molar-refractivity contribution in [2.75, 3.05) is 20.1 Å². The normalized spacial score (nSPS) is 27.9. The number of carbonyl (C=O) groups is 1. The summed E-state index contributed by atoms with van der Waals surface area (Å²) in [6, 6.07) is -0.280. The highest BCUT2D eigenvalue weighted by atomic mass is 19.3. The quantitative estimate of drug-likeness (QED) is 0.815. The fourth-order valence-electron chi connectivity index (χ4n) is 3.74. The number of carbonyl (C=O) groups excluding carboxylic acids is 1. The molecule has 2 atom stereocenters. The van der Waals surface area contributed by atoms with Crippen molar-refractivity contribution < 1.29 is 13.6 Å². The second-order valence-corrected chi connectivity index (χ2v) is 6.28. The van der Waals surface area contributed by atoms with E-state index in [1.807, 2.05) is 7.05 Å². The van der Waals surface area contributed by atoms with Crippen molar-refractivity contribution in [3.05, 3.63) is 0 Å². The molecule has 6 heteroatoms. The van der Waals surface area contributed by atoms with Crippen molar-refractivity contribution >= 4 is 6.03 Å². The number of primary amides is 1. The van der Waals surface area contributed by atoms with Gasteiger partial charge in [-0.3, -0.25) is 0 Å². The van der Waals surface area contributed by atoms with Gasteiger partial charge in [0.2, 0.25) is 5.92 Å². The summed E-state index contributed by atoms with van der Waals surface area (Å²) in [5, 5.41) is 3.13. The van der Waals surface area contributed by atoms with Crippen LogP contribution in [0.15, 0.2) is 0 Å². The van der Waals surface area contributed by atoms with Gasteiger partial charge in [0.05, 0.1) is 0 Å². The molecule has 0 aromatic heterocycles. The first-order valence-corrected chi connectivity index (χ1v) is 7.51. The number of hydrogen-bond acceptors (Lipinski definition) is 2. The number of nitrogens with two attached hydrogens (primary N) is 1. The van der Waals surface area contributed by atoms with E-state index in [1.54, 1.807) is 4.90 Å². The second-order valence-electron chi connectivity index (χ2n) is 6.28. The van der Waals surface area contributed by atoms with Crippen LogP contribution in [0.3, 0.4) is 0 Å². The number of piperidine rings is 1. The lowest BCUT2D eigenvalue weighted by molar-refractivity contribution is -0.117. The van der Waals surface area contributed by atoms with Crippen LogP contribution in [0.5, 0.6) is 0 Å². The first-order valence-electron chi connectivity index (χ1n) is 7.51. The van der Waals surface area contributed by atoms with E-state index in [9.17, 15) is 13.6 Å². The Morgan fingerprint density at radius 3 is 2.70 bits per heavy atom. The van der Waals surface area contributed by atoms with Crippen molar-refractivity contribution in [1.82, 2.24) is 10.2 Å². The highest BCUT2D eigenvalue weighted by Crippen LogP contribution is 2.46. The molecule has 1 aliphatic heterocycles. The predicted molar refractivity (Wildman–Crippen MR) is 73.6 cm³/mol. The zero-order chi connectivity index (χ0) is 14.8. The summed E-state index contributed by atoms with van der Waals surface area (Å²) in [5.41, 5.74) is 5.46. The van der Waals surface area contributed by atoms with Gasteiger partial charge in [-0.1, -0.05) is 0 Å². The Hall–Kier alpha value is -0.910. The number of hydrogen-bond donors (Lipinski definition) is 2. The van der Waals surface area contributed by atoms with Gasteiger partial charge in [0, 0.05) is 25.4 Å². The maximum absolute atomic E-state index is 13.0. The Kier molecular flexibility index (Phi) is 4.83. The van der Waals surface area contributed by atoms with Gasteiger partial charge in [-0.2, -0.15) is 0 Å². The summed E-state index contributed by atoms with van der Waals surface area (Å²) in [7, 11) is 1.86. The molecule has 1 saturated heterocycles. The minimum Gasteiger partial charge on any atom is -0.351 e. The molecule has 116 valence electrons. The molecule has 0 aromatic carbocycles. The van der Waals surface area contributed by atoms with Gasteiger partial charge >= 0.3 is 6.03 Å². The van der Waals surface area contributed by atoms with Crippen LogP contribution in [-0.4, -0.2) is 43.0 Å². The molecule has 20 heavy (non-hydrogen) atoms. The Balaban J connectivity index is 1.97. The Labute approximate surface area is 119 Å². The first kappa shape index (κ1) is 15.5. The average molecular weight is 289 g/mol. The lowest BCUT2D eigenvalue weighted by Crippen LogP contribution is -2.52. The van der Waals surface area contributed by atoms with E-state index in [-0.39, 0.29) is 36.8 Å². The molecule has 1 heterocycles. The van der Waals surface area contributed by atoms with Gasteiger partial charge in [-0.05, 0) is 51.1 Å². The monoisotopic (exact) mass is 289 g/mol. The second kappa shape index (κ2) is 6.24. The molecule has 4 nitrogen and oxygen atoms in total. The van der Waals surface area contributed by atoms with Crippen LogP contribution < -0.4 is 11.1 Å². The maximum atomic E-state index is 13.0. The summed E-state index contributed by atoms with van der Waals surface area (Å²) in [5.74, 6) is -2.17. The zero-order valence-electron chi connectivity index (χ0n) is 12.1. The number of nitrogens with one attached hydrogen (secondary N) is 1. The molecule has 0 aromatic rings. The van der Waals surface area contributed by atoms with Crippen molar-refractivity contribution in [2.45, 2.75) is 50.5 Å². The molecule has 0 spiro atoms. The van der Waals surface area contributed by atoms with Crippen LogP contribution in [0.4, 0.5) is 13.6 Å². The molecule has 2 aliphatic rings. The summed E-state index contributed by atoms with van der Waals surface area (Å²) < 4.78 is 25.9. The minimum atomic E-state index is -2.47. The molecular weight excluding hydrogens is 264 g/mol. The summed E-state index contributed by atoms with van der Waals surface area (Å²) >= 11 is 0. The van der Waals surface area contributed by atoms with E-state index in [0.717, 1.165) is 32.2 Å². The molecule has 0 bridgehead atoms. The van der Waals surface area contributed by atoms with Crippen LogP contribution in [0.2, 0.25) is 0 Å². The van der Waals surface area contributed by atoms with Crippen LogP contribution in [0.25, 0.3) is 0 Å². The molecular formula is C14H25F2N3O. The van der Waals surface area contributed by atoms with Crippen LogP contribution in [-0.2, 0) is 0 Å². The maximum Gasteiger partial charge on any atom is 0.315 e. The lowest BCUT2D eigenvalue weighted by atomic mass is 9.73. The van der Waals surface area contributed by atoms with Gasteiger partial charge in [0.25, 0.3) is 0 Å². The van der Waals surface area contributed by atoms with Gasteiger partial charge < -0.3 is 16.0 Å². The Bertz CT molecular complexity index is 343. The SMILES string of the molecule is CNCC(CC1CC(F)(F)C1)C1CCCCN1C(N)=O. The molecule has 3 N–H and O–H groups in total. The Morgan fingerprint density at radius 2 is 2.15 bits per heavy atom. The number of urea groups is 1. The number of alkyl halides is 2. The van der Waals surface area contributed by atoms with E-state index < -0.39 is 5.92 Å². The number of amides is 2. The highest BCUT2D eigenvalue weighted by Gasteiger charge is 2.46. The Morgan fingerprint density at radius 1 is 1.45 bits per heavy atom. The number of halogens is 2. The zero-order valence-corrected chi connectivity index (χ0v) is 12.1. The topological polar surface area (TPSA) is 58.4 Å². The first-order chi connectivity index (χ1) is 9.43.